The van der Waals surface area contributed by atoms with Gasteiger partial charge in [0.1, 0.15) is 6.61 Å². The number of benzene rings is 2. The van der Waals surface area contributed by atoms with Crippen molar-refractivity contribution in [1.82, 2.24) is 0 Å². The maximum Gasteiger partial charge on any atom is 0.311 e. The number of carbonyl (C=O) groups excluding carboxylic acids is 1. The van der Waals surface area contributed by atoms with Crippen LogP contribution in [-0.4, -0.2) is 31.1 Å². The molecule has 0 aliphatic carbocycles. The van der Waals surface area contributed by atoms with Crippen molar-refractivity contribution in [1.29, 1.82) is 0 Å². The third-order valence-electron chi connectivity index (χ3n) is 4.73. The van der Waals surface area contributed by atoms with Gasteiger partial charge in [-0.3, -0.25) is 14.9 Å². The van der Waals surface area contributed by atoms with Gasteiger partial charge < -0.3 is 9.64 Å². The van der Waals surface area contributed by atoms with Crippen LogP contribution in [-0.2, 0) is 9.53 Å². The molecule has 0 aliphatic rings. The largest absolute Gasteiger partial charge is 0.463 e. The van der Waals surface area contributed by atoms with Gasteiger partial charge in [-0.25, -0.2) is 0 Å². The normalized spacial score (nSPS) is 11.4. The van der Waals surface area contributed by atoms with Crippen LogP contribution in [0.15, 0.2) is 58.8 Å². The van der Waals surface area contributed by atoms with Crippen molar-refractivity contribution in [2.75, 3.05) is 25.1 Å². The summed E-state index contributed by atoms with van der Waals surface area (Å²) in [5, 5.41) is 18.9. The maximum atomic E-state index is 12.0. The Morgan fingerprint density at radius 2 is 1.59 bits per heavy atom. The highest BCUT2D eigenvalue weighted by atomic mass is 16.6. The lowest BCUT2D eigenvalue weighted by atomic mass is 9.91. The van der Waals surface area contributed by atoms with Crippen molar-refractivity contribution in [3.8, 4) is 0 Å². The molecule has 0 fully saturated rings. The maximum absolute atomic E-state index is 12.0. The molecular weight excluding hydrogens is 372 g/mol. The molecule has 8 heteroatoms. The minimum absolute atomic E-state index is 0.0141. The number of esters is 1. The highest BCUT2D eigenvalue weighted by Gasteiger charge is 2.26. The molecule has 0 heterocycles. The second-order valence-corrected chi connectivity index (χ2v) is 7.28. The zero-order valence-corrected chi connectivity index (χ0v) is 17.2. The minimum Gasteiger partial charge on any atom is -0.463 e. The van der Waals surface area contributed by atoms with Gasteiger partial charge in [0.25, 0.3) is 5.69 Å². The Morgan fingerprint density at radius 1 is 1.07 bits per heavy atom. The Morgan fingerprint density at radius 3 is 2.07 bits per heavy atom. The Kier molecular flexibility index (Phi) is 7.41. The first-order valence-corrected chi connectivity index (χ1v) is 9.37. The molecule has 2 aromatic carbocycles. The van der Waals surface area contributed by atoms with Crippen LogP contribution in [0.25, 0.3) is 0 Å². The van der Waals surface area contributed by atoms with Gasteiger partial charge in [-0.2, -0.15) is 10.2 Å². The third kappa shape index (κ3) is 6.38. The standard InChI is InChI=1S/C21H26N4O4/c1-5-21(2,3)20(26)29-15-14-24(4)18-10-6-16(7-11-18)22-23-17-8-12-19(13-9-17)25(27)28/h6-13H,5,14-15H2,1-4H3/b23-22+. The van der Waals surface area contributed by atoms with Gasteiger partial charge in [0, 0.05) is 24.9 Å². The number of ether oxygens (including phenoxy) is 1. The molecule has 0 aromatic heterocycles. The van der Waals surface area contributed by atoms with Crippen molar-refractivity contribution in [2.45, 2.75) is 27.2 Å². The van der Waals surface area contributed by atoms with Crippen LogP contribution in [0.3, 0.4) is 0 Å². The lowest BCUT2D eigenvalue weighted by molar-refractivity contribution is -0.384. The molecule has 0 spiro atoms. The van der Waals surface area contributed by atoms with Crippen LogP contribution in [0.1, 0.15) is 27.2 Å². The van der Waals surface area contributed by atoms with Crippen LogP contribution >= 0.6 is 0 Å². The highest BCUT2D eigenvalue weighted by Crippen LogP contribution is 2.24. The number of hydrogen-bond acceptors (Lipinski definition) is 7. The number of rotatable bonds is 9. The zero-order valence-electron chi connectivity index (χ0n) is 17.2. The van der Waals surface area contributed by atoms with E-state index in [4.69, 9.17) is 4.74 Å². The van der Waals surface area contributed by atoms with E-state index in [-0.39, 0.29) is 11.7 Å². The summed E-state index contributed by atoms with van der Waals surface area (Å²) in [5.74, 6) is -0.185. The molecule has 0 atom stereocenters. The first-order valence-electron chi connectivity index (χ1n) is 9.37. The van der Waals surface area contributed by atoms with Crippen LogP contribution < -0.4 is 4.90 Å². The number of likely N-dealkylation sites (N-methyl/N-ethyl adjacent to an activating group) is 1. The number of hydrogen-bond donors (Lipinski definition) is 0. The summed E-state index contributed by atoms with van der Waals surface area (Å²) in [7, 11) is 1.92. The van der Waals surface area contributed by atoms with E-state index in [1.54, 1.807) is 12.1 Å². The number of nitro groups is 1. The molecule has 0 bridgehead atoms. The number of carbonyl (C=O) groups is 1. The van der Waals surface area contributed by atoms with Crippen molar-refractivity contribution in [2.24, 2.45) is 15.6 Å². The molecule has 154 valence electrons. The van der Waals surface area contributed by atoms with Crippen molar-refractivity contribution >= 4 is 28.7 Å². The van der Waals surface area contributed by atoms with Gasteiger partial charge in [0.2, 0.25) is 0 Å². The second-order valence-electron chi connectivity index (χ2n) is 7.28. The van der Waals surface area contributed by atoms with Crippen LogP contribution in [0.2, 0.25) is 0 Å². The topological polar surface area (TPSA) is 97.4 Å². The summed E-state index contributed by atoms with van der Waals surface area (Å²) < 4.78 is 5.37. The number of anilines is 1. The van der Waals surface area contributed by atoms with E-state index in [1.807, 2.05) is 57.0 Å². The third-order valence-corrected chi connectivity index (χ3v) is 4.73. The van der Waals surface area contributed by atoms with E-state index < -0.39 is 10.3 Å². The lowest BCUT2D eigenvalue weighted by Gasteiger charge is -2.23. The summed E-state index contributed by atoms with van der Waals surface area (Å²) in [6.45, 7) is 6.62. The molecule has 0 N–H and O–H groups in total. The zero-order chi connectivity index (χ0) is 21.4. The van der Waals surface area contributed by atoms with E-state index in [9.17, 15) is 14.9 Å². The summed E-state index contributed by atoms with van der Waals surface area (Å²) >= 11 is 0. The van der Waals surface area contributed by atoms with Crippen LogP contribution in [0, 0.1) is 15.5 Å². The fourth-order valence-corrected chi connectivity index (χ4v) is 2.27. The quantitative estimate of drug-likeness (QED) is 0.243. The fraction of sp³-hybridized carbons (Fsp3) is 0.381. The smallest absolute Gasteiger partial charge is 0.311 e. The predicted octanol–water partition coefficient (Wildman–Crippen LogP) is 5.43. The Labute approximate surface area is 170 Å². The summed E-state index contributed by atoms with van der Waals surface area (Å²) in [4.78, 5) is 24.2. The van der Waals surface area contributed by atoms with Gasteiger partial charge in [-0.1, -0.05) is 6.92 Å². The van der Waals surface area contributed by atoms with E-state index in [0.29, 0.717) is 24.5 Å². The molecule has 8 nitrogen and oxygen atoms in total. The molecule has 0 aliphatic heterocycles. The first-order chi connectivity index (χ1) is 13.7. The van der Waals surface area contributed by atoms with Crippen LogP contribution in [0.4, 0.5) is 22.7 Å². The minimum atomic E-state index is -0.463. The molecule has 2 rings (SSSR count). The number of non-ortho nitro benzene ring substituents is 1. The van der Waals surface area contributed by atoms with Gasteiger partial charge >= 0.3 is 5.97 Å². The SMILES string of the molecule is CCC(C)(C)C(=O)OCCN(C)c1ccc(/N=N/c2ccc([N+](=O)[O-])cc2)cc1. The number of nitro benzene ring substituents is 1. The predicted molar refractivity (Wildman–Crippen MR) is 112 cm³/mol. The highest BCUT2D eigenvalue weighted by molar-refractivity contribution is 5.75. The van der Waals surface area contributed by atoms with Crippen LogP contribution in [0.5, 0.6) is 0 Å². The van der Waals surface area contributed by atoms with E-state index in [2.05, 4.69) is 10.2 Å². The van der Waals surface area contributed by atoms with E-state index in [0.717, 1.165) is 12.1 Å². The van der Waals surface area contributed by atoms with E-state index in [1.165, 1.54) is 12.1 Å². The molecular formula is C21H26N4O4. The Hall–Kier alpha value is -3.29. The first kappa shape index (κ1) is 22.0. The molecule has 0 radical (unpaired) electrons. The molecule has 2 aromatic rings. The molecule has 0 unspecified atom stereocenters. The molecule has 0 saturated heterocycles. The van der Waals surface area contributed by atoms with Gasteiger partial charge in [0.15, 0.2) is 0 Å². The average Bonchev–Trinajstić information content (AvgIpc) is 2.72. The monoisotopic (exact) mass is 398 g/mol. The Bertz CT molecular complexity index is 861. The fourth-order valence-electron chi connectivity index (χ4n) is 2.27. The lowest BCUT2D eigenvalue weighted by Crippen LogP contribution is -2.30. The average molecular weight is 398 g/mol. The van der Waals surface area contributed by atoms with Gasteiger partial charge in [-0.15, -0.1) is 0 Å². The van der Waals surface area contributed by atoms with Crippen molar-refractivity contribution < 1.29 is 14.5 Å². The summed E-state index contributed by atoms with van der Waals surface area (Å²) in [6.07, 6.45) is 0.734. The number of azo groups is 1. The molecule has 0 amide bonds. The van der Waals surface area contributed by atoms with Crippen molar-refractivity contribution in [3.05, 3.63) is 58.6 Å². The van der Waals surface area contributed by atoms with E-state index >= 15 is 0 Å². The van der Waals surface area contributed by atoms with Crippen molar-refractivity contribution in [3.63, 3.8) is 0 Å². The summed E-state index contributed by atoms with van der Waals surface area (Å²) in [6, 6.07) is 13.3. The number of nitrogens with zero attached hydrogens (tertiary/aromatic N) is 4. The molecule has 0 saturated carbocycles. The van der Waals surface area contributed by atoms with Gasteiger partial charge in [0.05, 0.1) is 28.3 Å². The van der Waals surface area contributed by atoms with Gasteiger partial charge in [-0.05, 0) is 56.7 Å². The summed E-state index contributed by atoms with van der Waals surface area (Å²) in [5.41, 5.74) is 1.71. The molecule has 29 heavy (non-hydrogen) atoms. The Balaban J connectivity index is 1.88. The second kappa shape index (κ2) is 9.77.